The summed E-state index contributed by atoms with van der Waals surface area (Å²) in [6.07, 6.45) is 5.52. The number of hydrogen-bond acceptors (Lipinski definition) is 4. The number of oxime groups is 1. The first-order valence-electron chi connectivity index (χ1n) is 6.44. The van der Waals surface area contributed by atoms with E-state index in [0.29, 0.717) is 0 Å². The minimum atomic E-state index is 0.132. The summed E-state index contributed by atoms with van der Waals surface area (Å²) < 4.78 is 2.03. The number of amidine groups is 1. The van der Waals surface area contributed by atoms with Gasteiger partial charge in [0.25, 0.3) is 0 Å². The molecule has 20 heavy (non-hydrogen) atoms. The molecule has 4 N–H and O–H groups in total. The van der Waals surface area contributed by atoms with E-state index in [9.17, 15) is 0 Å². The molecule has 6 heteroatoms. The fourth-order valence-corrected chi connectivity index (χ4v) is 1.96. The topological polar surface area (TPSA) is 88.5 Å². The van der Waals surface area contributed by atoms with Crippen molar-refractivity contribution in [2.24, 2.45) is 10.9 Å². The molecule has 0 saturated carbocycles. The van der Waals surface area contributed by atoms with Gasteiger partial charge in [0.2, 0.25) is 0 Å². The Kier molecular flexibility index (Phi) is 4.73. The third kappa shape index (κ3) is 3.58. The molecule has 0 aliphatic carbocycles. The summed E-state index contributed by atoms with van der Waals surface area (Å²) in [5.41, 5.74) is 8.61. The lowest BCUT2D eigenvalue weighted by Gasteiger charge is -2.09. The highest BCUT2D eigenvalue weighted by Gasteiger charge is 2.03. The van der Waals surface area contributed by atoms with Gasteiger partial charge in [0.15, 0.2) is 5.84 Å². The minimum Gasteiger partial charge on any atom is -0.409 e. The molecule has 0 fully saturated rings. The Morgan fingerprint density at radius 1 is 1.50 bits per heavy atom. The number of imidazole rings is 1. The van der Waals surface area contributed by atoms with Crippen LogP contribution in [0.4, 0.5) is 0 Å². The van der Waals surface area contributed by atoms with Gasteiger partial charge in [-0.2, -0.15) is 0 Å². The Morgan fingerprint density at radius 3 is 3.00 bits per heavy atom. The molecule has 0 saturated heterocycles. The molecule has 106 valence electrons. The molecule has 2 rings (SSSR count). The van der Waals surface area contributed by atoms with Gasteiger partial charge in [0, 0.05) is 37.6 Å². The van der Waals surface area contributed by atoms with Gasteiger partial charge in [-0.05, 0) is 24.1 Å². The van der Waals surface area contributed by atoms with Crippen LogP contribution in [0.25, 0.3) is 0 Å². The van der Waals surface area contributed by atoms with Crippen LogP contribution in [0.2, 0.25) is 0 Å². The Balaban J connectivity index is 1.87. The van der Waals surface area contributed by atoms with E-state index in [1.54, 1.807) is 12.5 Å². The number of nitrogens with one attached hydrogen (secondary N) is 1. The minimum absolute atomic E-state index is 0.132. The van der Waals surface area contributed by atoms with Crippen LogP contribution in [-0.4, -0.2) is 27.1 Å². The van der Waals surface area contributed by atoms with E-state index in [-0.39, 0.29) is 5.84 Å². The maximum Gasteiger partial charge on any atom is 0.170 e. The number of rotatable bonds is 6. The third-order valence-corrected chi connectivity index (χ3v) is 3.17. The SMILES string of the molecule is Cc1cc(/C(N)=N/O)ccc1CNCCn1ccnc1. The summed E-state index contributed by atoms with van der Waals surface area (Å²) in [4.78, 5) is 4.00. The van der Waals surface area contributed by atoms with Crippen molar-refractivity contribution in [3.05, 3.63) is 53.6 Å². The molecule has 1 aromatic heterocycles. The number of benzene rings is 1. The number of aromatic nitrogens is 2. The van der Waals surface area contributed by atoms with Gasteiger partial charge in [0.05, 0.1) is 6.33 Å². The molecule has 1 heterocycles. The highest BCUT2D eigenvalue weighted by Crippen LogP contribution is 2.11. The van der Waals surface area contributed by atoms with Crippen molar-refractivity contribution in [1.82, 2.24) is 14.9 Å². The van der Waals surface area contributed by atoms with E-state index in [1.807, 2.05) is 35.9 Å². The first-order chi connectivity index (χ1) is 9.70. The Morgan fingerprint density at radius 2 is 2.35 bits per heavy atom. The van der Waals surface area contributed by atoms with E-state index < -0.39 is 0 Å². The molecule has 0 aliphatic heterocycles. The molecule has 1 aromatic carbocycles. The first-order valence-corrected chi connectivity index (χ1v) is 6.44. The highest BCUT2D eigenvalue weighted by atomic mass is 16.4. The molecular weight excluding hydrogens is 254 g/mol. The van der Waals surface area contributed by atoms with Crippen LogP contribution in [0.5, 0.6) is 0 Å². The number of nitrogens with two attached hydrogens (primary N) is 1. The van der Waals surface area contributed by atoms with E-state index in [1.165, 1.54) is 5.56 Å². The van der Waals surface area contributed by atoms with Gasteiger partial charge in [0.1, 0.15) is 0 Å². The van der Waals surface area contributed by atoms with Crippen LogP contribution in [0.1, 0.15) is 16.7 Å². The summed E-state index contributed by atoms with van der Waals surface area (Å²) in [5.74, 6) is 0.132. The largest absolute Gasteiger partial charge is 0.409 e. The van der Waals surface area contributed by atoms with Crippen LogP contribution < -0.4 is 11.1 Å². The molecule has 0 aliphatic rings. The van der Waals surface area contributed by atoms with Crippen LogP contribution >= 0.6 is 0 Å². The fraction of sp³-hybridized carbons (Fsp3) is 0.286. The lowest BCUT2D eigenvalue weighted by molar-refractivity contribution is 0.318. The van der Waals surface area contributed by atoms with Crippen molar-refractivity contribution >= 4 is 5.84 Å². The second-order valence-corrected chi connectivity index (χ2v) is 4.60. The summed E-state index contributed by atoms with van der Waals surface area (Å²) in [7, 11) is 0. The fourth-order valence-electron chi connectivity index (χ4n) is 1.96. The summed E-state index contributed by atoms with van der Waals surface area (Å²) in [6, 6.07) is 5.77. The van der Waals surface area contributed by atoms with E-state index in [2.05, 4.69) is 15.5 Å². The molecule has 2 aromatic rings. The van der Waals surface area contributed by atoms with Crippen LogP contribution in [0.3, 0.4) is 0 Å². The summed E-state index contributed by atoms with van der Waals surface area (Å²) in [5, 5.41) is 15.0. The van der Waals surface area contributed by atoms with E-state index in [0.717, 1.165) is 30.8 Å². The van der Waals surface area contributed by atoms with Crippen molar-refractivity contribution in [3.63, 3.8) is 0 Å². The zero-order valence-electron chi connectivity index (χ0n) is 11.5. The number of nitrogens with zero attached hydrogens (tertiary/aromatic N) is 3. The maximum atomic E-state index is 8.66. The van der Waals surface area contributed by atoms with Crippen LogP contribution in [0.15, 0.2) is 42.1 Å². The smallest absolute Gasteiger partial charge is 0.170 e. The number of hydrogen-bond donors (Lipinski definition) is 3. The first kappa shape index (κ1) is 14.1. The monoisotopic (exact) mass is 273 g/mol. The predicted molar refractivity (Wildman–Crippen MR) is 77.6 cm³/mol. The molecule has 0 atom stereocenters. The van der Waals surface area contributed by atoms with E-state index in [4.69, 9.17) is 10.9 Å². The standard InChI is InChI=1S/C14H19N5O/c1-11-8-12(14(15)18-20)2-3-13(11)9-16-4-6-19-7-5-17-10-19/h2-3,5,7-8,10,16,20H,4,6,9H2,1H3,(H2,15,18). The second-order valence-electron chi connectivity index (χ2n) is 4.60. The van der Waals surface area contributed by atoms with Crippen molar-refractivity contribution in [2.45, 2.75) is 20.0 Å². The van der Waals surface area contributed by atoms with Gasteiger partial charge in [-0.25, -0.2) is 4.98 Å². The van der Waals surface area contributed by atoms with Crippen molar-refractivity contribution in [3.8, 4) is 0 Å². The van der Waals surface area contributed by atoms with Crippen LogP contribution in [0, 0.1) is 6.92 Å². The maximum absolute atomic E-state index is 8.66. The van der Waals surface area contributed by atoms with Crippen molar-refractivity contribution < 1.29 is 5.21 Å². The zero-order chi connectivity index (χ0) is 14.4. The Hall–Kier alpha value is -2.34. The molecule has 0 spiro atoms. The average Bonchev–Trinajstić information content (AvgIpc) is 2.97. The summed E-state index contributed by atoms with van der Waals surface area (Å²) in [6.45, 7) is 4.57. The lowest BCUT2D eigenvalue weighted by atomic mass is 10.0. The normalized spacial score (nSPS) is 11.8. The lowest BCUT2D eigenvalue weighted by Crippen LogP contribution is -2.20. The quantitative estimate of drug-likeness (QED) is 0.241. The van der Waals surface area contributed by atoms with Gasteiger partial charge in [-0.15, -0.1) is 0 Å². The molecule has 0 unspecified atom stereocenters. The Labute approximate surface area is 117 Å². The zero-order valence-corrected chi connectivity index (χ0v) is 11.5. The Bertz CT molecular complexity index is 577. The molecule has 0 radical (unpaired) electrons. The molecule has 0 amide bonds. The van der Waals surface area contributed by atoms with Crippen molar-refractivity contribution in [1.29, 1.82) is 0 Å². The third-order valence-electron chi connectivity index (χ3n) is 3.17. The van der Waals surface area contributed by atoms with Crippen LogP contribution in [-0.2, 0) is 13.1 Å². The number of aryl methyl sites for hydroxylation is 1. The van der Waals surface area contributed by atoms with Crippen molar-refractivity contribution in [2.75, 3.05) is 6.54 Å². The second kappa shape index (κ2) is 6.72. The van der Waals surface area contributed by atoms with Gasteiger partial charge < -0.3 is 20.8 Å². The molecular formula is C14H19N5O. The highest BCUT2D eigenvalue weighted by molar-refractivity contribution is 5.97. The van der Waals surface area contributed by atoms with Gasteiger partial charge in [-0.1, -0.05) is 17.3 Å². The molecule has 6 nitrogen and oxygen atoms in total. The summed E-state index contributed by atoms with van der Waals surface area (Å²) >= 11 is 0. The van der Waals surface area contributed by atoms with Gasteiger partial charge in [-0.3, -0.25) is 0 Å². The molecule has 0 bridgehead atoms. The van der Waals surface area contributed by atoms with E-state index >= 15 is 0 Å². The predicted octanol–water partition coefficient (Wildman–Crippen LogP) is 1.08. The van der Waals surface area contributed by atoms with Gasteiger partial charge >= 0.3 is 0 Å². The average molecular weight is 273 g/mol.